The van der Waals surface area contributed by atoms with Crippen LogP contribution in [0.25, 0.3) is 0 Å². The maximum atomic E-state index is 13.3. The molecule has 0 aromatic heterocycles. The average molecular weight is 657 g/mol. The van der Waals surface area contributed by atoms with Crippen LogP contribution in [-0.2, 0) is 22.7 Å². The molecule has 13 nitrogen and oxygen atoms in total. The molecule has 5 amide bonds. The van der Waals surface area contributed by atoms with Gasteiger partial charge in [-0.2, -0.15) is 0 Å². The van der Waals surface area contributed by atoms with Crippen molar-refractivity contribution < 1.29 is 33.8 Å². The van der Waals surface area contributed by atoms with E-state index >= 15 is 0 Å². The van der Waals surface area contributed by atoms with E-state index in [1.807, 2.05) is 27.7 Å². The summed E-state index contributed by atoms with van der Waals surface area (Å²) < 4.78 is 10.5. The van der Waals surface area contributed by atoms with Crippen molar-refractivity contribution in [3.05, 3.63) is 59.2 Å². The zero-order chi connectivity index (χ0) is 34.9. The van der Waals surface area contributed by atoms with Gasteiger partial charge in [0.15, 0.2) is 6.10 Å². The number of aliphatic hydroxyl groups is 1. The first-order valence-corrected chi connectivity index (χ1v) is 16.0. The Morgan fingerprint density at radius 1 is 0.766 bits per heavy atom. The van der Waals surface area contributed by atoms with Crippen LogP contribution >= 0.6 is 0 Å². The van der Waals surface area contributed by atoms with E-state index in [0.717, 1.165) is 5.56 Å². The van der Waals surface area contributed by atoms with Crippen molar-refractivity contribution in [2.24, 2.45) is 5.92 Å². The van der Waals surface area contributed by atoms with E-state index in [1.54, 1.807) is 49.4 Å². The lowest BCUT2D eigenvalue weighted by molar-refractivity contribution is -0.132. The Morgan fingerprint density at radius 2 is 1.38 bits per heavy atom. The minimum Gasteiger partial charge on any atom is -0.497 e. The molecule has 2 unspecified atom stereocenters. The normalized spacial score (nSPS) is 12.9. The molecule has 2 aromatic carbocycles. The summed E-state index contributed by atoms with van der Waals surface area (Å²) in [6.45, 7) is 11.1. The Balaban J connectivity index is 1.92. The molecule has 3 atom stereocenters. The van der Waals surface area contributed by atoms with Crippen LogP contribution in [0.15, 0.2) is 42.5 Å². The van der Waals surface area contributed by atoms with E-state index in [4.69, 9.17) is 9.47 Å². The number of urea groups is 1. The Labute approximate surface area is 277 Å². The second-order valence-electron chi connectivity index (χ2n) is 12.0. The van der Waals surface area contributed by atoms with Gasteiger partial charge < -0.3 is 46.5 Å². The predicted molar refractivity (Wildman–Crippen MR) is 180 cm³/mol. The minimum atomic E-state index is -1.52. The Bertz CT molecular complexity index is 1280. The molecule has 2 rings (SSSR count). The summed E-state index contributed by atoms with van der Waals surface area (Å²) in [7, 11) is 3.05. The summed E-state index contributed by atoms with van der Waals surface area (Å²) in [5, 5.41) is 27.8. The molecule has 2 aromatic rings. The van der Waals surface area contributed by atoms with Crippen LogP contribution in [0, 0.1) is 5.92 Å². The number of nitrogens with one attached hydrogen (secondary N) is 6. The largest absolute Gasteiger partial charge is 0.497 e. The molecular formula is C34H52N6O7. The van der Waals surface area contributed by atoms with Crippen LogP contribution in [0.2, 0.25) is 0 Å². The van der Waals surface area contributed by atoms with E-state index < -0.39 is 36.0 Å². The topological polar surface area (TPSA) is 179 Å². The van der Waals surface area contributed by atoms with E-state index in [-0.39, 0.29) is 31.3 Å². The number of carbonyl (C=O) groups is 4. The third-order valence-electron chi connectivity index (χ3n) is 7.26. The summed E-state index contributed by atoms with van der Waals surface area (Å²) >= 11 is 0. The van der Waals surface area contributed by atoms with Gasteiger partial charge in [-0.05, 0) is 54.2 Å². The highest BCUT2D eigenvalue weighted by Gasteiger charge is 2.30. The number of rotatable bonds is 19. The maximum Gasteiger partial charge on any atom is 0.315 e. The molecule has 47 heavy (non-hydrogen) atoms. The van der Waals surface area contributed by atoms with Crippen molar-refractivity contribution in [3.63, 3.8) is 0 Å². The molecule has 0 aliphatic rings. The maximum absolute atomic E-state index is 13.3. The monoisotopic (exact) mass is 656 g/mol. The quantitative estimate of drug-likeness (QED) is 0.113. The first-order valence-electron chi connectivity index (χ1n) is 16.0. The van der Waals surface area contributed by atoms with E-state index in [9.17, 15) is 24.3 Å². The van der Waals surface area contributed by atoms with Crippen LogP contribution in [0.5, 0.6) is 11.5 Å². The molecule has 260 valence electrons. The average Bonchev–Trinajstić information content (AvgIpc) is 3.05. The number of ether oxygens (including phenoxy) is 2. The number of amides is 5. The summed E-state index contributed by atoms with van der Waals surface area (Å²) in [5.41, 5.74) is 1.99. The minimum absolute atomic E-state index is 0.0686. The van der Waals surface area contributed by atoms with Gasteiger partial charge in [0.2, 0.25) is 5.91 Å². The Morgan fingerprint density at radius 3 is 1.94 bits per heavy atom. The smallest absolute Gasteiger partial charge is 0.315 e. The summed E-state index contributed by atoms with van der Waals surface area (Å²) in [5.74, 6) is -0.159. The number of benzene rings is 2. The lowest BCUT2D eigenvalue weighted by atomic mass is 10.0. The molecular weight excluding hydrogens is 604 g/mol. The van der Waals surface area contributed by atoms with Crippen LogP contribution in [0.3, 0.4) is 0 Å². The van der Waals surface area contributed by atoms with Crippen molar-refractivity contribution in [2.75, 3.05) is 27.3 Å². The molecule has 7 N–H and O–H groups in total. The molecule has 13 heteroatoms. The highest BCUT2D eigenvalue weighted by Crippen LogP contribution is 2.22. The standard InChI is InChI=1S/C34H52N6O7/c1-8-28(30(41)33(44)37-20-24-16-26(46-6)18-27(17-24)47-7)39-32(43)29(15-21(2)3)40-34(45)38-19-23-9-11-25(12-10-23)31(42)36-14-13-35-22(4)5/h9-12,16-18,21-22,28-30,35,41H,8,13-15,19-20H2,1-7H3,(H,36,42)(H,37,44)(H,39,43)(H2,38,40,45)/t28?,29-,30?/m0/s1. The van der Waals surface area contributed by atoms with Gasteiger partial charge in [0.25, 0.3) is 11.8 Å². The lowest BCUT2D eigenvalue weighted by Crippen LogP contribution is -2.56. The molecule has 0 aliphatic heterocycles. The van der Waals surface area contributed by atoms with Gasteiger partial charge in [0, 0.05) is 43.9 Å². The number of hydrogen-bond donors (Lipinski definition) is 7. The van der Waals surface area contributed by atoms with Crippen molar-refractivity contribution in [1.29, 1.82) is 0 Å². The molecule has 0 radical (unpaired) electrons. The Kier molecular flexibility index (Phi) is 16.5. The fraction of sp³-hybridized carbons (Fsp3) is 0.529. The fourth-order valence-corrected chi connectivity index (χ4v) is 4.64. The first-order chi connectivity index (χ1) is 22.4. The highest BCUT2D eigenvalue weighted by molar-refractivity contribution is 5.94. The van der Waals surface area contributed by atoms with E-state index in [0.29, 0.717) is 48.2 Å². The van der Waals surface area contributed by atoms with Gasteiger partial charge in [-0.1, -0.05) is 46.8 Å². The van der Waals surface area contributed by atoms with Gasteiger partial charge in [0.05, 0.1) is 20.3 Å². The first kappa shape index (κ1) is 38.8. The number of methoxy groups -OCH3 is 2. The van der Waals surface area contributed by atoms with Crippen LogP contribution < -0.4 is 41.4 Å². The molecule has 0 aliphatic carbocycles. The second-order valence-corrected chi connectivity index (χ2v) is 12.0. The van der Waals surface area contributed by atoms with Crippen molar-refractivity contribution >= 4 is 23.8 Å². The Hall–Kier alpha value is -4.36. The highest BCUT2D eigenvalue weighted by atomic mass is 16.5. The molecule has 0 saturated carbocycles. The molecule has 0 saturated heterocycles. The van der Waals surface area contributed by atoms with Gasteiger partial charge in [0.1, 0.15) is 17.5 Å². The third kappa shape index (κ3) is 13.9. The zero-order valence-electron chi connectivity index (χ0n) is 28.6. The summed E-state index contributed by atoms with van der Waals surface area (Å²) in [6.07, 6.45) is -0.908. The molecule has 0 spiro atoms. The van der Waals surface area contributed by atoms with E-state index in [2.05, 4.69) is 31.9 Å². The van der Waals surface area contributed by atoms with Crippen molar-refractivity contribution in [2.45, 2.75) is 84.8 Å². The van der Waals surface area contributed by atoms with Crippen LogP contribution in [0.4, 0.5) is 4.79 Å². The second kappa shape index (κ2) is 20.0. The van der Waals surface area contributed by atoms with Crippen LogP contribution in [-0.4, -0.2) is 80.4 Å². The zero-order valence-corrected chi connectivity index (χ0v) is 28.6. The number of carbonyl (C=O) groups excluding carboxylic acids is 4. The molecule has 0 fully saturated rings. The third-order valence-corrected chi connectivity index (χ3v) is 7.26. The van der Waals surface area contributed by atoms with Crippen LogP contribution in [0.1, 0.15) is 68.9 Å². The summed E-state index contributed by atoms with van der Waals surface area (Å²) in [6, 6.07) is 10.1. The van der Waals surface area contributed by atoms with Gasteiger partial charge in [-0.15, -0.1) is 0 Å². The fourth-order valence-electron chi connectivity index (χ4n) is 4.64. The SMILES string of the molecule is CCC(NC(=O)[C@H](CC(C)C)NC(=O)NCc1ccc(C(=O)NCCNC(C)C)cc1)C(O)C(=O)NCc1cc(OC)cc(OC)c1. The van der Waals surface area contributed by atoms with Gasteiger partial charge in [-0.25, -0.2) is 4.79 Å². The van der Waals surface area contributed by atoms with E-state index in [1.165, 1.54) is 14.2 Å². The molecule has 0 heterocycles. The summed E-state index contributed by atoms with van der Waals surface area (Å²) in [4.78, 5) is 51.2. The van der Waals surface area contributed by atoms with Crippen molar-refractivity contribution in [1.82, 2.24) is 31.9 Å². The van der Waals surface area contributed by atoms with Gasteiger partial charge in [-0.3, -0.25) is 14.4 Å². The predicted octanol–water partition coefficient (Wildman–Crippen LogP) is 2.22. The molecule has 0 bridgehead atoms. The number of hydrogen-bond acceptors (Lipinski definition) is 8. The van der Waals surface area contributed by atoms with Crippen molar-refractivity contribution in [3.8, 4) is 11.5 Å². The lowest BCUT2D eigenvalue weighted by Gasteiger charge is -2.26. The van der Waals surface area contributed by atoms with Gasteiger partial charge >= 0.3 is 6.03 Å². The number of aliphatic hydroxyl groups excluding tert-OH is 1.